The van der Waals surface area contributed by atoms with Crippen molar-refractivity contribution in [2.45, 2.75) is 30.7 Å². The molecule has 1 atom stereocenters. The average Bonchev–Trinajstić information content (AvgIpc) is 3.36. The lowest BCUT2D eigenvalue weighted by molar-refractivity contribution is -0.116. The van der Waals surface area contributed by atoms with E-state index in [1.54, 1.807) is 31.2 Å². The molecule has 2 fully saturated rings. The van der Waals surface area contributed by atoms with Crippen LogP contribution in [0.15, 0.2) is 53.4 Å². The number of carbonyl (C=O) groups is 1. The van der Waals surface area contributed by atoms with E-state index in [2.05, 4.69) is 15.5 Å². The Balaban J connectivity index is 1.32. The summed E-state index contributed by atoms with van der Waals surface area (Å²) in [5.74, 6) is -0.169. The number of anilines is 3. The fourth-order valence-corrected chi connectivity index (χ4v) is 5.46. The van der Waals surface area contributed by atoms with Crippen molar-refractivity contribution in [1.29, 1.82) is 0 Å². The minimum Gasteiger partial charge on any atom is -0.378 e. The molecule has 32 heavy (non-hydrogen) atoms. The molecule has 2 aromatic rings. The molecule has 2 saturated heterocycles. The quantitative estimate of drug-likeness (QED) is 0.663. The Bertz CT molecular complexity index is 1010. The molecule has 4 rings (SSSR count). The first kappa shape index (κ1) is 22.6. The first-order valence-electron chi connectivity index (χ1n) is 11.0. The van der Waals surface area contributed by atoms with Gasteiger partial charge >= 0.3 is 0 Å². The maximum Gasteiger partial charge on any atom is 0.246 e. The fraction of sp³-hybridized carbons (Fsp3) is 0.435. The zero-order valence-corrected chi connectivity index (χ0v) is 19.1. The van der Waals surface area contributed by atoms with Crippen LogP contribution in [0.2, 0.25) is 0 Å². The number of hydrogen-bond donors (Lipinski definition) is 2. The Morgan fingerprint density at radius 1 is 0.906 bits per heavy atom. The Morgan fingerprint density at radius 2 is 1.50 bits per heavy atom. The molecule has 0 bridgehead atoms. The van der Waals surface area contributed by atoms with Crippen LogP contribution in [0.1, 0.15) is 19.8 Å². The smallest absolute Gasteiger partial charge is 0.246 e. The SMILES string of the molecule is C[C@H](Nc1ccc(S(=O)(=O)N2CCCC2)cc1)C(=O)Nc1ccc(N2CCOCC2)cc1. The van der Waals surface area contributed by atoms with E-state index in [-0.39, 0.29) is 10.8 Å². The Kier molecular flexibility index (Phi) is 6.98. The number of benzene rings is 2. The number of nitrogens with zero attached hydrogens (tertiary/aromatic N) is 2. The van der Waals surface area contributed by atoms with Crippen molar-refractivity contribution in [1.82, 2.24) is 4.31 Å². The zero-order chi connectivity index (χ0) is 22.6. The minimum absolute atomic E-state index is 0.169. The van der Waals surface area contributed by atoms with Crippen molar-refractivity contribution < 1.29 is 17.9 Å². The number of nitrogens with one attached hydrogen (secondary N) is 2. The van der Waals surface area contributed by atoms with Gasteiger partial charge in [0.15, 0.2) is 0 Å². The summed E-state index contributed by atoms with van der Waals surface area (Å²) in [6.07, 6.45) is 1.81. The topological polar surface area (TPSA) is 91.0 Å². The molecule has 2 heterocycles. The van der Waals surface area contributed by atoms with E-state index in [1.807, 2.05) is 24.3 Å². The minimum atomic E-state index is -3.44. The fourth-order valence-electron chi connectivity index (χ4n) is 3.94. The van der Waals surface area contributed by atoms with Crippen LogP contribution in [0.3, 0.4) is 0 Å². The number of rotatable bonds is 7. The molecule has 172 valence electrons. The third-order valence-corrected chi connectivity index (χ3v) is 7.76. The molecule has 2 aliphatic heterocycles. The molecule has 0 unspecified atom stereocenters. The summed E-state index contributed by atoms with van der Waals surface area (Å²) in [6.45, 7) is 6.11. The van der Waals surface area contributed by atoms with E-state index in [4.69, 9.17) is 4.74 Å². The highest BCUT2D eigenvalue weighted by atomic mass is 32.2. The Labute approximate surface area is 189 Å². The van der Waals surface area contributed by atoms with Gasteiger partial charge in [0.25, 0.3) is 0 Å². The molecule has 0 aromatic heterocycles. The normalized spacial score (nSPS) is 18.3. The molecule has 9 heteroatoms. The molecule has 0 aliphatic carbocycles. The van der Waals surface area contributed by atoms with Gasteiger partial charge in [0.1, 0.15) is 6.04 Å². The molecule has 8 nitrogen and oxygen atoms in total. The van der Waals surface area contributed by atoms with Crippen LogP contribution in [0, 0.1) is 0 Å². The van der Waals surface area contributed by atoms with E-state index < -0.39 is 16.1 Å². The third-order valence-electron chi connectivity index (χ3n) is 5.84. The average molecular weight is 459 g/mol. The van der Waals surface area contributed by atoms with Gasteiger partial charge in [-0.15, -0.1) is 0 Å². The predicted molar refractivity (Wildman–Crippen MR) is 126 cm³/mol. The standard InChI is InChI=1S/C23H30N4O4S/c1-18(23(28)25-20-4-8-21(9-5-20)26-14-16-31-17-15-26)24-19-6-10-22(11-7-19)32(29,30)27-12-2-3-13-27/h4-11,18,24H,2-3,12-17H2,1H3,(H,25,28)/t18-/m0/s1. The van der Waals surface area contributed by atoms with Crippen LogP contribution in [0.25, 0.3) is 0 Å². The van der Waals surface area contributed by atoms with Crippen LogP contribution < -0.4 is 15.5 Å². The molecule has 0 saturated carbocycles. The number of hydrogen-bond acceptors (Lipinski definition) is 6. The van der Waals surface area contributed by atoms with Crippen LogP contribution in [-0.4, -0.2) is 64.1 Å². The molecular formula is C23H30N4O4S. The number of morpholine rings is 1. The van der Waals surface area contributed by atoms with Gasteiger partial charge in [-0.3, -0.25) is 4.79 Å². The highest BCUT2D eigenvalue weighted by Gasteiger charge is 2.27. The summed E-state index contributed by atoms with van der Waals surface area (Å²) in [4.78, 5) is 15.1. The highest BCUT2D eigenvalue weighted by Crippen LogP contribution is 2.23. The number of ether oxygens (including phenoxy) is 1. The molecular weight excluding hydrogens is 428 g/mol. The first-order chi connectivity index (χ1) is 15.4. The van der Waals surface area contributed by atoms with E-state index in [1.165, 1.54) is 4.31 Å². The first-order valence-corrected chi connectivity index (χ1v) is 12.5. The summed E-state index contributed by atoms with van der Waals surface area (Å²) in [6, 6.07) is 13.9. The summed E-state index contributed by atoms with van der Waals surface area (Å²) in [7, 11) is -3.44. The molecule has 2 N–H and O–H groups in total. The second-order valence-corrected chi connectivity index (χ2v) is 10.1. The lowest BCUT2D eigenvalue weighted by atomic mass is 10.2. The maximum atomic E-state index is 12.6. The van der Waals surface area contributed by atoms with Crippen molar-refractivity contribution >= 4 is 33.0 Å². The maximum absolute atomic E-state index is 12.6. The van der Waals surface area contributed by atoms with Crippen LogP contribution >= 0.6 is 0 Å². The number of amides is 1. The van der Waals surface area contributed by atoms with Gasteiger partial charge in [0, 0.05) is 43.2 Å². The van der Waals surface area contributed by atoms with Crippen molar-refractivity contribution in [3.05, 3.63) is 48.5 Å². The van der Waals surface area contributed by atoms with Gasteiger partial charge in [-0.1, -0.05) is 0 Å². The predicted octanol–water partition coefficient (Wildman–Crippen LogP) is 2.75. The molecule has 1 amide bonds. The number of sulfonamides is 1. The van der Waals surface area contributed by atoms with Crippen molar-refractivity contribution in [3.8, 4) is 0 Å². The van der Waals surface area contributed by atoms with Crippen molar-refractivity contribution in [3.63, 3.8) is 0 Å². The summed E-state index contributed by atoms with van der Waals surface area (Å²) in [5.41, 5.74) is 2.53. The highest BCUT2D eigenvalue weighted by molar-refractivity contribution is 7.89. The largest absolute Gasteiger partial charge is 0.378 e. The van der Waals surface area contributed by atoms with Crippen LogP contribution in [0.5, 0.6) is 0 Å². The van der Waals surface area contributed by atoms with Gasteiger partial charge in [-0.05, 0) is 68.3 Å². The Hall–Kier alpha value is -2.62. The summed E-state index contributed by atoms with van der Waals surface area (Å²) in [5, 5.41) is 6.05. The Morgan fingerprint density at radius 3 is 2.12 bits per heavy atom. The number of carbonyl (C=O) groups excluding carboxylic acids is 1. The molecule has 2 aromatic carbocycles. The van der Waals surface area contributed by atoms with Gasteiger partial charge in [0.05, 0.1) is 18.1 Å². The second-order valence-electron chi connectivity index (χ2n) is 8.14. The van der Waals surface area contributed by atoms with Gasteiger partial charge in [-0.25, -0.2) is 8.42 Å². The summed E-state index contributed by atoms with van der Waals surface area (Å²) >= 11 is 0. The molecule has 0 radical (unpaired) electrons. The van der Waals surface area contributed by atoms with Crippen molar-refractivity contribution in [2.75, 3.05) is 54.9 Å². The van der Waals surface area contributed by atoms with E-state index in [0.29, 0.717) is 18.8 Å². The lowest BCUT2D eigenvalue weighted by Gasteiger charge is -2.29. The van der Waals surface area contributed by atoms with Gasteiger partial charge in [-0.2, -0.15) is 4.31 Å². The molecule has 0 spiro atoms. The zero-order valence-electron chi connectivity index (χ0n) is 18.3. The van der Waals surface area contributed by atoms with E-state index >= 15 is 0 Å². The molecule has 2 aliphatic rings. The second kappa shape index (κ2) is 9.89. The van der Waals surface area contributed by atoms with Gasteiger partial charge < -0.3 is 20.3 Å². The summed E-state index contributed by atoms with van der Waals surface area (Å²) < 4.78 is 32.2. The third kappa shape index (κ3) is 5.23. The van der Waals surface area contributed by atoms with Crippen LogP contribution in [-0.2, 0) is 19.6 Å². The monoisotopic (exact) mass is 458 g/mol. The van der Waals surface area contributed by atoms with Crippen molar-refractivity contribution in [2.24, 2.45) is 0 Å². The van der Waals surface area contributed by atoms with Gasteiger partial charge in [0.2, 0.25) is 15.9 Å². The lowest BCUT2D eigenvalue weighted by Crippen LogP contribution is -2.36. The van der Waals surface area contributed by atoms with E-state index in [9.17, 15) is 13.2 Å². The van der Waals surface area contributed by atoms with E-state index in [0.717, 1.165) is 50.5 Å². The van der Waals surface area contributed by atoms with Crippen LogP contribution in [0.4, 0.5) is 17.1 Å².